The Morgan fingerprint density at radius 1 is 1.44 bits per heavy atom. The maximum Gasteiger partial charge on any atom is 0.0534 e. The van der Waals surface area contributed by atoms with Gasteiger partial charge >= 0.3 is 0 Å². The van der Waals surface area contributed by atoms with E-state index in [4.69, 9.17) is 0 Å². The molecule has 0 aromatic carbocycles. The fourth-order valence-corrected chi connectivity index (χ4v) is 3.34. The number of hydrogen-bond acceptors (Lipinski definition) is 3. The Morgan fingerprint density at radius 2 is 2.33 bits per heavy atom. The Kier molecular flexibility index (Phi) is 3.39. The number of piperidine rings is 1. The van der Waals surface area contributed by atoms with Crippen LogP contribution in [0.15, 0.2) is 12.4 Å². The van der Waals surface area contributed by atoms with Gasteiger partial charge in [-0.3, -0.25) is 9.58 Å². The summed E-state index contributed by atoms with van der Waals surface area (Å²) in [4.78, 5) is 2.65. The predicted molar refractivity (Wildman–Crippen MR) is 72.4 cm³/mol. The summed E-state index contributed by atoms with van der Waals surface area (Å²) in [6, 6.07) is 1.21. The van der Waals surface area contributed by atoms with Crippen LogP contribution in [0.25, 0.3) is 0 Å². The lowest BCUT2D eigenvalue weighted by molar-refractivity contribution is 0.117. The molecule has 4 nitrogen and oxygen atoms in total. The van der Waals surface area contributed by atoms with E-state index < -0.39 is 0 Å². The van der Waals surface area contributed by atoms with E-state index in [9.17, 15) is 0 Å². The second-order valence-electron chi connectivity index (χ2n) is 6.02. The molecule has 2 saturated heterocycles. The maximum absolute atomic E-state index is 4.44. The number of nitrogens with one attached hydrogen (secondary N) is 1. The molecule has 2 unspecified atom stereocenters. The van der Waals surface area contributed by atoms with E-state index in [0.29, 0.717) is 6.04 Å². The second-order valence-corrected chi connectivity index (χ2v) is 6.02. The summed E-state index contributed by atoms with van der Waals surface area (Å²) in [5, 5.41) is 7.98. The summed E-state index contributed by atoms with van der Waals surface area (Å²) in [6.07, 6.45) is 6.99. The van der Waals surface area contributed by atoms with Crippen molar-refractivity contribution in [2.75, 3.05) is 19.6 Å². The van der Waals surface area contributed by atoms with Crippen molar-refractivity contribution in [2.24, 2.45) is 5.92 Å². The lowest BCUT2D eigenvalue weighted by Crippen LogP contribution is -2.44. The zero-order valence-electron chi connectivity index (χ0n) is 11.5. The highest BCUT2D eigenvalue weighted by Gasteiger charge is 2.34. The van der Waals surface area contributed by atoms with Gasteiger partial charge in [-0.05, 0) is 45.7 Å². The maximum atomic E-state index is 4.44. The molecule has 0 amide bonds. The van der Waals surface area contributed by atoms with E-state index >= 15 is 0 Å². The number of fused-ring (bicyclic) bond motifs is 1. The summed E-state index contributed by atoms with van der Waals surface area (Å²) in [7, 11) is 0. The van der Waals surface area contributed by atoms with Crippen molar-refractivity contribution in [3.63, 3.8) is 0 Å². The minimum Gasteiger partial charge on any atom is -0.315 e. The molecule has 0 saturated carbocycles. The normalized spacial score (nSPS) is 28.8. The third kappa shape index (κ3) is 2.31. The van der Waals surface area contributed by atoms with Crippen molar-refractivity contribution in [3.8, 4) is 0 Å². The molecule has 100 valence electrons. The molecule has 3 heterocycles. The van der Waals surface area contributed by atoms with Crippen LogP contribution in [0.5, 0.6) is 0 Å². The first-order valence-electron chi connectivity index (χ1n) is 7.22. The number of nitrogens with zero attached hydrogens (tertiary/aromatic N) is 3. The van der Waals surface area contributed by atoms with Crippen LogP contribution in [0.3, 0.4) is 0 Å². The highest BCUT2D eigenvalue weighted by molar-refractivity contribution is 5.06. The quantitative estimate of drug-likeness (QED) is 0.883. The number of aromatic nitrogens is 2. The van der Waals surface area contributed by atoms with Gasteiger partial charge in [-0.1, -0.05) is 0 Å². The average molecular weight is 248 g/mol. The topological polar surface area (TPSA) is 33.1 Å². The van der Waals surface area contributed by atoms with Gasteiger partial charge in [0.25, 0.3) is 0 Å². The van der Waals surface area contributed by atoms with Crippen molar-refractivity contribution in [1.82, 2.24) is 20.0 Å². The SMILES string of the molecule is CC(C)n1cc(CN2CCCC3CNCC32)cn1. The molecule has 4 heteroatoms. The third-order valence-corrected chi connectivity index (χ3v) is 4.36. The van der Waals surface area contributed by atoms with Gasteiger partial charge in [0.2, 0.25) is 0 Å². The Morgan fingerprint density at radius 3 is 3.11 bits per heavy atom. The lowest BCUT2D eigenvalue weighted by Gasteiger charge is -2.36. The molecule has 0 radical (unpaired) electrons. The highest BCUT2D eigenvalue weighted by Crippen LogP contribution is 2.27. The Balaban J connectivity index is 1.67. The third-order valence-electron chi connectivity index (χ3n) is 4.36. The van der Waals surface area contributed by atoms with Gasteiger partial charge < -0.3 is 5.32 Å². The zero-order chi connectivity index (χ0) is 12.5. The van der Waals surface area contributed by atoms with Crippen molar-refractivity contribution >= 4 is 0 Å². The number of hydrogen-bond donors (Lipinski definition) is 1. The second kappa shape index (κ2) is 5.02. The number of rotatable bonds is 3. The molecule has 0 bridgehead atoms. The van der Waals surface area contributed by atoms with E-state index in [-0.39, 0.29) is 0 Å². The van der Waals surface area contributed by atoms with Crippen LogP contribution >= 0.6 is 0 Å². The first-order valence-corrected chi connectivity index (χ1v) is 7.22. The first kappa shape index (κ1) is 12.2. The molecule has 1 aromatic heterocycles. The van der Waals surface area contributed by atoms with Crippen molar-refractivity contribution in [1.29, 1.82) is 0 Å². The molecule has 0 spiro atoms. The Bertz CT molecular complexity index is 398. The van der Waals surface area contributed by atoms with E-state index in [1.807, 2.05) is 6.20 Å². The van der Waals surface area contributed by atoms with E-state index in [1.165, 1.54) is 38.0 Å². The van der Waals surface area contributed by atoms with Crippen LogP contribution in [-0.4, -0.2) is 40.4 Å². The van der Waals surface area contributed by atoms with Gasteiger partial charge in [0.15, 0.2) is 0 Å². The molecular weight excluding hydrogens is 224 g/mol. The van der Waals surface area contributed by atoms with Crippen LogP contribution in [0.2, 0.25) is 0 Å². The highest BCUT2D eigenvalue weighted by atomic mass is 15.3. The lowest BCUT2D eigenvalue weighted by atomic mass is 9.92. The van der Waals surface area contributed by atoms with Crippen LogP contribution in [0.4, 0.5) is 0 Å². The summed E-state index contributed by atoms with van der Waals surface area (Å²) >= 11 is 0. The molecule has 3 rings (SSSR count). The van der Waals surface area contributed by atoms with E-state index in [0.717, 1.165) is 18.5 Å². The van der Waals surface area contributed by atoms with Gasteiger partial charge in [-0.2, -0.15) is 5.10 Å². The Hall–Kier alpha value is -0.870. The van der Waals surface area contributed by atoms with Crippen molar-refractivity contribution in [3.05, 3.63) is 18.0 Å². The van der Waals surface area contributed by atoms with Gasteiger partial charge in [0.1, 0.15) is 0 Å². The first-order chi connectivity index (χ1) is 8.74. The van der Waals surface area contributed by atoms with Crippen molar-refractivity contribution < 1.29 is 0 Å². The molecule has 2 aliphatic heterocycles. The average Bonchev–Trinajstić information content (AvgIpc) is 2.97. The summed E-state index contributed by atoms with van der Waals surface area (Å²) in [5.41, 5.74) is 1.36. The fraction of sp³-hybridized carbons (Fsp3) is 0.786. The minimum absolute atomic E-state index is 0.459. The van der Waals surface area contributed by atoms with E-state index in [2.05, 4.69) is 40.0 Å². The molecule has 0 aliphatic carbocycles. The van der Waals surface area contributed by atoms with Crippen LogP contribution < -0.4 is 5.32 Å². The molecule has 18 heavy (non-hydrogen) atoms. The Labute approximate surface area is 109 Å². The van der Waals surface area contributed by atoms with E-state index in [1.54, 1.807) is 0 Å². The molecule has 2 aliphatic rings. The summed E-state index contributed by atoms with van der Waals surface area (Å²) in [5.74, 6) is 0.874. The van der Waals surface area contributed by atoms with Crippen molar-refractivity contribution in [2.45, 2.75) is 45.3 Å². The van der Waals surface area contributed by atoms with Gasteiger partial charge in [-0.15, -0.1) is 0 Å². The van der Waals surface area contributed by atoms with Gasteiger partial charge in [0, 0.05) is 36.9 Å². The molecule has 2 fully saturated rings. The fourth-order valence-electron chi connectivity index (χ4n) is 3.34. The van der Waals surface area contributed by atoms with Crippen LogP contribution in [0.1, 0.15) is 38.3 Å². The summed E-state index contributed by atoms with van der Waals surface area (Å²) in [6.45, 7) is 9.05. The largest absolute Gasteiger partial charge is 0.315 e. The zero-order valence-corrected chi connectivity index (χ0v) is 11.5. The number of likely N-dealkylation sites (tertiary alicyclic amines) is 1. The van der Waals surface area contributed by atoms with Gasteiger partial charge in [-0.25, -0.2) is 0 Å². The molecule has 2 atom stereocenters. The van der Waals surface area contributed by atoms with Crippen LogP contribution in [0, 0.1) is 5.92 Å². The molecule has 1 aromatic rings. The molecular formula is C14H24N4. The van der Waals surface area contributed by atoms with Gasteiger partial charge in [0.05, 0.1) is 6.20 Å². The minimum atomic E-state index is 0.459. The molecule has 1 N–H and O–H groups in total. The standard InChI is InChI=1S/C14H24N4/c1-11(2)18-10-12(6-16-18)9-17-5-3-4-13-7-15-8-14(13)17/h6,10-11,13-15H,3-5,7-9H2,1-2H3. The van der Waals surface area contributed by atoms with Crippen LogP contribution in [-0.2, 0) is 6.54 Å². The summed E-state index contributed by atoms with van der Waals surface area (Å²) < 4.78 is 2.06. The smallest absolute Gasteiger partial charge is 0.0534 e. The monoisotopic (exact) mass is 248 g/mol. The predicted octanol–water partition coefficient (Wildman–Crippen LogP) is 1.65.